The largest absolute Gasteiger partial charge is 0.392 e. The van der Waals surface area contributed by atoms with Gasteiger partial charge in [-0.1, -0.05) is 20.3 Å². The molecule has 0 radical (unpaired) electrons. The molecule has 4 atom stereocenters. The maximum absolute atomic E-state index is 12.7. The first-order chi connectivity index (χ1) is 9.12. The number of rotatable bonds is 2. The molecule has 2 N–H and O–H groups in total. The zero-order valence-electron chi connectivity index (χ0n) is 11.8. The van der Waals surface area contributed by atoms with Crippen molar-refractivity contribution in [1.82, 2.24) is 5.32 Å². The minimum Gasteiger partial charge on any atom is -0.392 e. The van der Waals surface area contributed by atoms with E-state index in [1.807, 2.05) is 13.8 Å². The van der Waals surface area contributed by atoms with Crippen molar-refractivity contribution in [2.45, 2.75) is 64.3 Å². The summed E-state index contributed by atoms with van der Waals surface area (Å²) in [6.45, 7) is 3.71. The Morgan fingerprint density at radius 3 is 2.40 bits per heavy atom. The highest BCUT2D eigenvalue weighted by Crippen LogP contribution is 2.42. The molecule has 2 saturated carbocycles. The molecule has 6 heteroatoms. The summed E-state index contributed by atoms with van der Waals surface area (Å²) in [4.78, 5) is 12.1. The summed E-state index contributed by atoms with van der Waals surface area (Å²) < 4.78 is 38.2. The van der Waals surface area contributed by atoms with Crippen molar-refractivity contribution >= 4 is 5.91 Å². The molecule has 2 rings (SSSR count). The van der Waals surface area contributed by atoms with Gasteiger partial charge in [0.15, 0.2) is 0 Å². The van der Waals surface area contributed by atoms with Gasteiger partial charge in [0.05, 0.1) is 12.0 Å². The van der Waals surface area contributed by atoms with E-state index in [2.05, 4.69) is 5.32 Å². The maximum Gasteiger partial charge on any atom is 0.391 e. The summed E-state index contributed by atoms with van der Waals surface area (Å²) in [7, 11) is 0. The van der Waals surface area contributed by atoms with Crippen molar-refractivity contribution in [3.05, 3.63) is 0 Å². The molecule has 0 spiro atoms. The fourth-order valence-electron chi connectivity index (χ4n) is 3.16. The lowest BCUT2D eigenvalue weighted by Gasteiger charge is -2.49. The number of aliphatic hydroxyl groups is 1. The van der Waals surface area contributed by atoms with Crippen LogP contribution in [0.5, 0.6) is 0 Å². The number of amides is 1. The molecule has 20 heavy (non-hydrogen) atoms. The summed E-state index contributed by atoms with van der Waals surface area (Å²) in [6.07, 6.45) is -3.19. The topological polar surface area (TPSA) is 49.3 Å². The second-order valence-corrected chi connectivity index (χ2v) is 6.74. The van der Waals surface area contributed by atoms with Gasteiger partial charge in [-0.15, -0.1) is 0 Å². The van der Waals surface area contributed by atoms with Gasteiger partial charge >= 0.3 is 6.18 Å². The second-order valence-electron chi connectivity index (χ2n) is 6.74. The highest BCUT2D eigenvalue weighted by molar-refractivity contribution is 5.79. The Kier molecular flexibility index (Phi) is 4.06. The molecule has 0 aliphatic heterocycles. The highest BCUT2D eigenvalue weighted by atomic mass is 19.4. The van der Waals surface area contributed by atoms with E-state index in [1.54, 1.807) is 0 Å². The van der Waals surface area contributed by atoms with Crippen molar-refractivity contribution in [2.75, 3.05) is 0 Å². The van der Waals surface area contributed by atoms with Crippen LogP contribution < -0.4 is 5.32 Å². The Balaban J connectivity index is 1.90. The normalized spacial score (nSPS) is 37.1. The van der Waals surface area contributed by atoms with Crippen LogP contribution >= 0.6 is 0 Å². The summed E-state index contributed by atoms with van der Waals surface area (Å²) in [6, 6.07) is -0.142. The monoisotopic (exact) mass is 293 g/mol. The van der Waals surface area contributed by atoms with Gasteiger partial charge in [-0.05, 0) is 25.7 Å². The Bertz CT molecular complexity index is 381. The quantitative estimate of drug-likeness (QED) is 0.822. The average Bonchev–Trinajstić information content (AvgIpc) is 2.37. The van der Waals surface area contributed by atoms with E-state index in [9.17, 15) is 23.1 Å². The Hall–Kier alpha value is -0.780. The third-order valence-electron chi connectivity index (χ3n) is 5.04. The zero-order chi connectivity index (χ0) is 15.1. The van der Waals surface area contributed by atoms with Gasteiger partial charge in [-0.25, -0.2) is 0 Å². The number of hydrogen-bond donors (Lipinski definition) is 2. The van der Waals surface area contributed by atoms with Crippen molar-refractivity contribution in [1.29, 1.82) is 0 Å². The summed E-state index contributed by atoms with van der Waals surface area (Å²) in [5.74, 6) is -2.19. The molecule has 1 amide bonds. The van der Waals surface area contributed by atoms with Gasteiger partial charge in [0.1, 0.15) is 0 Å². The van der Waals surface area contributed by atoms with Crippen LogP contribution in [0, 0.1) is 17.3 Å². The van der Waals surface area contributed by atoms with E-state index in [4.69, 9.17) is 0 Å². The summed E-state index contributed by atoms with van der Waals surface area (Å²) in [5, 5.41) is 12.4. The van der Waals surface area contributed by atoms with E-state index in [-0.39, 0.29) is 24.8 Å². The van der Waals surface area contributed by atoms with Gasteiger partial charge in [0.25, 0.3) is 0 Å². The third-order valence-corrected chi connectivity index (χ3v) is 5.04. The molecule has 3 nitrogen and oxygen atoms in total. The van der Waals surface area contributed by atoms with Crippen molar-refractivity contribution < 1.29 is 23.1 Å². The van der Waals surface area contributed by atoms with Crippen LogP contribution in [0.2, 0.25) is 0 Å². The van der Waals surface area contributed by atoms with Crippen molar-refractivity contribution in [2.24, 2.45) is 17.3 Å². The summed E-state index contributed by atoms with van der Waals surface area (Å²) in [5.41, 5.74) is -0.395. The Labute approximate surface area is 116 Å². The number of alkyl halides is 3. The first kappa shape index (κ1) is 15.6. The first-order valence-electron chi connectivity index (χ1n) is 7.17. The van der Waals surface area contributed by atoms with E-state index in [1.165, 1.54) is 0 Å². The summed E-state index contributed by atoms with van der Waals surface area (Å²) >= 11 is 0. The van der Waals surface area contributed by atoms with Crippen LogP contribution in [-0.4, -0.2) is 29.3 Å². The second kappa shape index (κ2) is 5.20. The van der Waals surface area contributed by atoms with Gasteiger partial charge in [0, 0.05) is 17.4 Å². The number of hydrogen-bond acceptors (Lipinski definition) is 2. The number of nitrogens with one attached hydrogen (secondary N) is 1. The minimum absolute atomic E-state index is 0.106. The predicted octanol–water partition coefficient (Wildman–Crippen LogP) is 2.63. The maximum atomic E-state index is 12.7. The van der Waals surface area contributed by atoms with Crippen molar-refractivity contribution in [3.63, 3.8) is 0 Å². The SMILES string of the molecule is CC1(C)C(O)CC1NC(=O)C1CCCC(C(F)(F)F)C1. The van der Waals surface area contributed by atoms with Crippen LogP contribution in [0.1, 0.15) is 46.0 Å². The van der Waals surface area contributed by atoms with Gasteiger partial charge < -0.3 is 10.4 Å². The molecule has 0 saturated heterocycles. The molecule has 2 fully saturated rings. The van der Waals surface area contributed by atoms with Crippen LogP contribution in [0.25, 0.3) is 0 Å². The highest BCUT2D eigenvalue weighted by Gasteiger charge is 2.49. The van der Waals surface area contributed by atoms with Crippen LogP contribution in [0.4, 0.5) is 13.2 Å². The lowest BCUT2D eigenvalue weighted by Crippen LogP contribution is -2.62. The predicted molar refractivity (Wildman–Crippen MR) is 67.8 cm³/mol. The first-order valence-corrected chi connectivity index (χ1v) is 7.17. The van der Waals surface area contributed by atoms with E-state index in [0.29, 0.717) is 19.3 Å². The molecule has 2 aliphatic rings. The molecule has 4 unspecified atom stereocenters. The molecule has 0 aromatic heterocycles. The fourth-order valence-corrected chi connectivity index (χ4v) is 3.16. The van der Waals surface area contributed by atoms with Gasteiger partial charge in [-0.3, -0.25) is 4.79 Å². The molecular weight excluding hydrogens is 271 g/mol. The Morgan fingerprint density at radius 2 is 1.90 bits per heavy atom. The third kappa shape index (κ3) is 2.95. The van der Waals surface area contributed by atoms with E-state index in [0.717, 1.165) is 0 Å². The fraction of sp³-hybridized carbons (Fsp3) is 0.929. The van der Waals surface area contributed by atoms with E-state index >= 15 is 0 Å². The standard InChI is InChI=1S/C14H22F3NO2/c1-13(2)10(7-11(13)19)18-12(20)8-4-3-5-9(6-8)14(15,16)17/h8-11,19H,3-7H2,1-2H3,(H,18,20). The zero-order valence-corrected chi connectivity index (χ0v) is 11.8. The molecule has 0 aromatic carbocycles. The van der Waals surface area contributed by atoms with Crippen LogP contribution in [0.15, 0.2) is 0 Å². The molecule has 116 valence electrons. The Morgan fingerprint density at radius 1 is 1.25 bits per heavy atom. The molecular formula is C14H22F3NO2. The van der Waals surface area contributed by atoms with Gasteiger partial charge in [-0.2, -0.15) is 13.2 Å². The van der Waals surface area contributed by atoms with E-state index < -0.39 is 29.5 Å². The average molecular weight is 293 g/mol. The van der Waals surface area contributed by atoms with Gasteiger partial charge in [0.2, 0.25) is 5.91 Å². The number of carbonyl (C=O) groups is 1. The number of halogens is 3. The van der Waals surface area contributed by atoms with Crippen LogP contribution in [-0.2, 0) is 4.79 Å². The minimum atomic E-state index is -4.20. The van der Waals surface area contributed by atoms with Crippen LogP contribution in [0.3, 0.4) is 0 Å². The smallest absolute Gasteiger partial charge is 0.391 e. The number of carbonyl (C=O) groups excluding carboxylic acids is 1. The lowest BCUT2D eigenvalue weighted by molar-refractivity contribution is -0.186. The molecule has 0 heterocycles. The lowest BCUT2D eigenvalue weighted by atomic mass is 9.64. The molecule has 2 aliphatic carbocycles. The molecule has 0 aromatic rings. The van der Waals surface area contributed by atoms with Crippen molar-refractivity contribution in [3.8, 4) is 0 Å². The number of aliphatic hydroxyl groups excluding tert-OH is 1. The molecule has 0 bridgehead atoms.